The predicted molar refractivity (Wildman–Crippen MR) is 95.9 cm³/mol. The van der Waals surface area contributed by atoms with Gasteiger partial charge in [-0.3, -0.25) is 9.89 Å². The second kappa shape index (κ2) is 7.00. The molecule has 5 nitrogen and oxygen atoms in total. The van der Waals surface area contributed by atoms with Crippen LogP contribution in [0.3, 0.4) is 0 Å². The summed E-state index contributed by atoms with van der Waals surface area (Å²) in [6.45, 7) is 0. The Morgan fingerprint density at radius 1 is 1.29 bits per heavy atom. The molecule has 1 heterocycles. The van der Waals surface area contributed by atoms with Crippen LogP contribution in [-0.2, 0) is 11.2 Å². The lowest BCUT2D eigenvalue weighted by atomic mass is 10.1. The monoisotopic (exact) mass is 321 g/mol. The highest BCUT2D eigenvalue weighted by atomic mass is 16.5. The number of hydrogen-bond acceptors (Lipinski definition) is 4. The van der Waals surface area contributed by atoms with Crippen LogP contribution < -0.4 is 10.5 Å². The number of rotatable bonds is 6. The molecular weight excluding hydrogens is 302 g/mol. The Morgan fingerprint density at radius 2 is 2.12 bits per heavy atom. The fourth-order valence-electron chi connectivity index (χ4n) is 2.60. The minimum absolute atomic E-state index is 0.0705. The molecule has 0 aliphatic rings. The first kappa shape index (κ1) is 15.8. The van der Waals surface area contributed by atoms with Gasteiger partial charge in [-0.2, -0.15) is 5.10 Å². The number of benzene rings is 2. The molecule has 3 aromatic rings. The first-order valence-corrected chi connectivity index (χ1v) is 7.74. The summed E-state index contributed by atoms with van der Waals surface area (Å²) >= 11 is 0. The number of H-pyrrole nitrogens is 1. The number of para-hydroxylation sites is 1. The normalized spacial score (nSPS) is 11.2. The summed E-state index contributed by atoms with van der Waals surface area (Å²) in [5.41, 5.74) is 8.63. The highest BCUT2D eigenvalue weighted by Crippen LogP contribution is 2.21. The Kier molecular flexibility index (Phi) is 4.61. The molecule has 122 valence electrons. The lowest BCUT2D eigenvalue weighted by molar-refractivity contribution is -0.114. The van der Waals surface area contributed by atoms with Crippen LogP contribution in [0.5, 0.6) is 5.75 Å². The molecule has 0 bridgehead atoms. The van der Waals surface area contributed by atoms with Crippen molar-refractivity contribution in [1.29, 1.82) is 0 Å². The zero-order chi connectivity index (χ0) is 16.9. The van der Waals surface area contributed by atoms with Gasteiger partial charge in [0.2, 0.25) is 0 Å². The zero-order valence-electron chi connectivity index (χ0n) is 13.5. The molecule has 0 aliphatic heterocycles. The van der Waals surface area contributed by atoms with Gasteiger partial charge in [0.15, 0.2) is 11.6 Å². The van der Waals surface area contributed by atoms with Gasteiger partial charge < -0.3 is 10.5 Å². The number of carbonyl (C=O) groups is 1. The fraction of sp³-hybridized carbons (Fsp3) is 0.158. The molecule has 3 rings (SSSR count). The Morgan fingerprint density at radius 3 is 2.96 bits per heavy atom. The minimum atomic E-state index is 0.0705. The number of nitrogens with one attached hydrogen (secondary N) is 1. The Hall–Kier alpha value is -3.08. The van der Waals surface area contributed by atoms with E-state index in [-0.39, 0.29) is 5.78 Å². The molecule has 0 aliphatic carbocycles. The summed E-state index contributed by atoms with van der Waals surface area (Å²) in [4.78, 5) is 12.1. The van der Waals surface area contributed by atoms with Gasteiger partial charge in [0.25, 0.3) is 0 Å². The second-order valence-electron chi connectivity index (χ2n) is 5.53. The van der Waals surface area contributed by atoms with Crippen LogP contribution in [0.4, 0.5) is 5.82 Å². The molecular formula is C19H19N3O2. The van der Waals surface area contributed by atoms with Crippen molar-refractivity contribution in [3.8, 4) is 5.75 Å². The van der Waals surface area contributed by atoms with Crippen LogP contribution in [0.25, 0.3) is 17.0 Å². The van der Waals surface area contributed by atoms with E-state index in [2.05, 4.69) is 10.2 Å². The van der Waals surface area contributed by atoms with E-state index in [9.17, 15) is 4.79 Å². The maximum Gasteiger partial charge on any atom is 0.156 e. The number of aromatic nitrogens is 2. The zero-order valence-corrected chi connectivity index (χ0v) is 13.5. The molecule has 2 aromatic carbocycles. The average Bonchev–Trinajstić information content (AvgIpc) is 2.99. The summed E-state index contributed by atoms with van der Waals surface area (Å²) in [5.74, 6) is 1.35. The third kappa shape index (κ3) is 3.46. The van der Waals surface area contributed by atoms with Gasteiger partial charge in [0.1, 0.15) is 5.75 Å². The van der Waals surface area contributed by atoms with Crippen molar-refractivity contribution < 1.29 is 9.53 Å². The van der Waals surface area contributed by atoms with Crippen molar-refractivity contribution in [3.05, 3.63) is 59.7 Å². The minimum Gasteiger partial charge on any atom is -0.496 e. The lowest BCUT2D eigenvalue weighted by Gasteiger charge is -2.06. The number of nitrogen functional groups attached to an aromatic ring is 1. The van der Waals surface area contributed by atoms with Crippen molar-refractivity contribution in [2.45, 2.75) is 12.8 Å². The van der Waals surface area contributed by atoms with E-state index in [4.69, 9.17) is 10.5 Å². The number of anilines is 1. The van der Waals surface area contributed by atoms with Crippen LogP contribution in [0.1, 0.15) is 17.5 Å². The number of ketones is 1. The summed E-state index contributed by atoms with van der Waals surface area (Å²) in [7, 11) is 1.64. The van der Waals surface area contributed by atoms with Crippen LogP contribution in [0.15, 0.2) is 48.5 Å². The number of aromatic amines is 1. The van der Waals surface area contributed by atoms with Gasteiger partial charge in [-0.1, -0.05) is 30.3 Å². The van der Waals surface area contributed by atoms with Crippen molar-refractivity contribution in [1.82, 2.24) is 10.2 Å². The maximum absolute atomic E-state index is 12.1. The molecule has 24 heavy (non-hydrogen) atoms. The van der Waals surface area contributed by atoms with Gasteiger partial charge >= 0.3 is 0 Å². The Bertz CT molecular complexity index is 897. The van der Waals surface area contributed by atoms with Gasteiger partial charge in [-0.05, 0) is 41.8 Å². The van der Waals surface area contributed by atoms with Crippen molar-refractivity contribution >= 4 is 28.6 Å². The number of nitrogens with zero attached hydrogens (tertiary/aromatic N) is 1. The fourth-order valence-corrected chi connectivity index (χ4v) is 2.60. The van der Waals surface area contributed by atoms with Crippen LogP contribution in [0, 0.1) is 0 Å². The first-order valence-electron chi connectivity index (χ1n) is 7.74. The molecule has 0 saturated heterocycles. The van der Waals surface area contributed by atoms with E-state index in [0.717, 1.165) is 27.8 Å². The van der Waals surface area contributed by atoms with Crippen LogP contribution >= 0.6 is 0 Å². The Balaban J connectivity index is 1.65. The molecule has 0 radical (unpaired) electrons. The highest BCUT2D eigenvalue weighted by molar-refractivity contribution is 5.95. The number of allylic oxidation sites excluding steroid dienone is 1. The number of fused-ring (bicyclic) bond motifs is 1. The highest BCUT2D eigenvalue weighted by Gasteiger charge is 2.05. The molecule has 0 unspecified atom stereocenters. The average molecular weight is 321 g/mol. The van der Waals surface area contributed by atoms with Crippen molar-refractivity contribution in [3.63, 3.8) is 0 Å². The third-order valence-electron chi connectivity index (χ3n) is 3.91. The first-order chi connectivity index (χ1) is 11.7. The predicted octanol–water partition coefficient (Wildman–Crippen LogP) is 3.37. The number of hydrogen-bond donors (Lipinski definition) is 2. The SMILES string of the molecule is COc1ccccc1CCC(=O)/C=C/c1ccc2[nH]nc(N)c2c1. The summed E-state index contributed by atoms with van der Waals surface area (Å²) in [6, 6.07) is 13.5. The maximum atomic E-state index is 12.1. The lowest BCUT2D eigenvalue weighted by Crippen LogP contribution is -1.98. The standard InChI is InChI=1S/C19H19N3O2/c1-24-18-5-3-2-4-14(18)8-10-15(23)9-6-13-7-11-17-16(12-13)19(20)22-21-17/h2-7,9,11-12H,8,10H2,1H3,(H3,20,21,22)/b9-6+. The molecule has 0 amide bonds. The van der Waals surface area contributed by atoms with E-state index >= 15 is 0 Å². The number of ether oxygens (including phenoxy) is 1. The number of carbonyl (C=O) groups excluding carboxylic acids is 1. The summed E-state index contributed by atoms with van der Waals surface area (Å²) in [6.07, 6.45) is 4.50. The largest absolute Gasteiger partial charge is 0.496 e. The van der Waals surface area contributed by atoms with E-state index in [1.807, 2.05) is 42.5 Å². The number of methoxy groups -OCH3 is 1. The molecule has 1 aromatic heterocycles. The molecule has 3 N–H and O–H groups in total. The molecule has 0 spiro atoms. The van der Waals surface area contributed by atoms with Crippen molar-refractivity contribution in [2.75, 3.05) is 12.8 Å². The molecule has 5 heteroatoms. The second-order valence-corrected chi connectivity index (χ2v) is 5.53. The smallest absolute Gasteiger partial charge is 0.156 e. The van der Waals surface area contributed by atoms with E-state index < -0.39 is 0 Å². The third-order valence-corrected chi connectivity index (χ3v) is 3.91. The number of aryl methyl sites for hydroxylation is 1. The van der Waals surface area contributed by atoms with Crippen molar-refractivity contribution in [2.24, 2.45) is 0 Å². The quantitative estimate of drug-likeness (QED) is 0.682. The molecule has 0 fully saturated rings. The molecule has 0 saturated carbocycles. The van der Waals surface area contributed by atoms with E-state index in [1.165, 1.54) is 0 Å². The van der Waals surface area contributed by atoms with Gasteiger partial charge in [0.05, 0.1) is 12.6 Å². The number of nitrogens with two attached hydrogens (primary N) is 1. The van der Waals surface area contributed by atoms with Gasteiger partial charge in [0, 0.05) is 11.8 Å². The van der Waals surface area contributed by atoms with Gasteiger partial charge in [-0.25, -0.2) is 0 Å². The van der Waals surface area contributed by atoms with E-state index in [0.29, 0.717) is 18.7 Å². The van der Waals surface area contributed by atoms with Crippen LogP contribution in [0.2, 0.25) is 0 Å². The molecule has 0 atom stereocenters. The van der Waals surface area contributed by atoms with Gasteiger partial charge in [-0.15, -0.1) is 0 Å². The topological polar surface area (TPSA) is 81.0 Å². The van der Waals surface area contributed by atoms with E-state index in [1.54, 1.807) is 19.3 Å². The Labute approximate surface area is 140 Å². The summed E-state index contributed by atoms with van der Waals surface area (Å²) in [5, 5.41) is 7.67. The van der Waals surface area contributed by atoms with Crippen LogP contribution in [-0.4, -0.2) is 23.1 Å². The summed E-state index contributed by atoms with van der Waals surface area (Å²) < 4.78 is 5.30.